The molecule has 2 saturated heterocycles. The van der Waals surface area contributed by atoms with Gasteiger partial charge in [0.25, 0.3) is 0 Å². The zero-order valence-corrected chi connectivity index (χ0v) is 12.7. The summed E-state index contributed by atoms with van der Waals surface area (Å²) in [6, 6.07) is 1.97. The molecule has 8 heteroatoms. The Morgan fingerprint density at radius 3 is 2.81 bits per heavy atom. The summed E-state index contributed by atoms with van der Waals surface area (Å²) in [5, 5.41) is 4.17. The van der Waals surface area contributed by atoms with E-state index >= 15 is 0 Å². The first-order valence-corrected chi connectivity index (χ1v) is 8.92. The van der Waals surface area contributed by atoms with Crippen LogP contribution in [0.3, 0.4) is 0 Å². The lowest BCUT2D eigenvalue weighted by atomic mass is 10.2. The van der Waals surface area contributed by atoms with Crippen molar-refractivity contribution in [1.82, 2.24) is 19.0 Å². The molecule has 0 N–H and O–H groups in total. The van der Waals surface area contributed by atoms with Crippen molar-refractivity contribution < 1.29 is 13.2 Å². The fourth-order valence-corrected chi connectivity index (χ4v) is 4.56. The molecule has 0 unspecified atom stereocenters. The number of amides is 1. The molecule has 3 heterocycles. The lowest BCUT2D eigenvalue weighted by Gasteiger charge is -2.26. The van der Waals surface area contributed by atoms with Gasteiger partial charge in [0.1, 0.15) is 0 Å². The third-order valence-corrected chi connectivity index (χ3v) is 6.07. The number of sulfonamides is 1. The normalized spacial score (nSPS) is 25.5. The Hall–Kier alpha value is -1.41. The second-order valence-electron chi connectivity index (χ2n) is 5.61. The maximum Gasteiger partial charge on any atom is 0.238 e. The number of likely N-dealkylation sites (tertiary alicyclic amines) is 1. The molecule has 0 radical (unpaired) electrons. The summed E-state index contributed by atoms with van der Waals surface area (Å²) < 4.78 is 26.7. The summed E-state index contributed by atoms with van der Waals surface area (Å²) in [5.41, 5.74) is 0. The van der Waals surface area contributed by atoms with Gasteiger partial charge in [0.05, 0.1) is 24.9 Å². The molecule has 0 aromatic carbocycles. The molecule has 2 aliphatic rings. The minimum absolute atomic E-state index is 0.0159. The average Bonchev–Trinajstić information content (AvgIpc) is 3.13. The maximum atomic E-state index is 12.4. The second-order valence-corrected chi connectivity index (χ2v) is 7.70. The summed E-state index contributed by atoms with van der Waals surface area (Å²) in [6.45, 7) is 1.83. The highest BCUT2D eigenvalue weighted by Crippen LogP contribution is 2.20. The first-order chi connectivity index (χ1) is 10.1. The number of carbonyl (C=O) groups is 1. The van der Waals surface area contributed by atoms with Crippen LogP contribution >= 0.6 is 0 Å². The van der Waals surface area contributed by atoms with Crippen molar-refractivity contribution >= 4 is 15.9 Å². The van der Waals surface area contributed by atoms with Gasteiger partial charge >= 0.3 is 0 Å². The van der Waals surface area contributed by atoms with Crippen LogP contribution in [-0.2, 0) is 21.4 Å². The predicted octanol–water partition coefficient (Wildman–Crippen LogP) is -0.0904. The van der Waals surface area contributed by atoms with Gasteiger partial charge in [-0.05, 0) is 25.3 Å². The Morgan fingerprint density at radius 2 is 2.14 bits per heavy atom. The molecule has 1 aromatic heterocycles. The molecule has 7 nitrogen and oxygen atoms in total. The molecule has 0 aliphatic carbocycles. The molecule has 0 bridgehead atoms. The molecule has 1 amide bonds. The summed E-state index contributed by atoms with van der Waals surface area (Å²) in [5.74, 6) is 0.0758. The van der Waals surface area contributed by atoms with Crippen LogP contribution < -0.4 is 0 Å². The van der Waals surface area contributed by atoms with Gasteiger partial charge in [0, 0.05) is 25.5 Å². The van der Waals surface area contributed by atoms with Gasteiger partial charge in [-0.25, -0.2) is 8.42 Å². The van der Waals surface area contributed by atoms with E-state index in [2.05, 4.69) is 5.10 Å². The molecule has 0 spiro atoms. The zero-order chi connectivity index (χ0) is 14.9. The molecular weight excluding hydrogens is 292 g/mol. The molecule has 1 atom stereocenters. The molecule has 1 aromatic rings. The Labute approximate surface area is 124 Å². The SMILES string of the molecule is O=C(CN1CCCS1(=O)=O)N1CCC[C@@H]1Cn1cccn1. The number of nitrogens with zero attached hydrogens (tertiary/aromatic N) is 4. The van der Waals surface area contributed by atoms with Crippen molar-refractivity contribution in [2.45, 2.75) is 31.8 Å². The highest BCUT2D eigenvalue weighted by atomic mass is 32.2. The fourth-order valence-electron chi connectivity index (χ4n) is 3.09. The third-order valence-electron chi connectivity index (χ3n) is 4.17. The molecule has 2 aliphatic heterocycles. The van der Waals surface area contributed by atoms with Crippen LogP contribution in [0.25, 0.3) is 0 Å². The van der Waals surface area contributed by atoms with E-state index in [1.165, 1.54) is 4.31 Å². The molecule has 21 heavy (non-hydrogen) atoms. The van der Waals surface area contributed by atoms with Crippen LogP contribution in [-0.4, -0.2) is 64.7 Å². The van der Waals surface area contributed by atoms with Crippen LogP contribution in [0.2, 0.25) is 0 Å². The van der Waals surface area contributed by atoms with Crippen LogP contribution in [0, 0.1) is 0 Å². The van der Waals surface area contributed by atoms with E-state index in [4.69, 9.17) is 0 Å². The quantitative estimate of drug-likeness (QED) is 0.779. The number of hydrogen-bond donors (Lipinski definition) is 0. The van der Waals surface area contributed by atoms with Crippen LogP contribution in [0.5, 0.6) is 0 Å². The fraction of sp³-hybridized carbons (Fsp3) is 0.692. The van der Waals surface area contributed by atoms with E-state index in [9.17, 15) is 13.2 Å². The number of carbonyl (C=O) groups excluding carboxylic acids is 1. The first kappa shape index (κ1) is 14.5. The topological polar surface area (TPSA) is 75.5 Å². The smallest absolute Gasteiger partial charge is 0.238 e. The maximum absolute atomic E-state index is 12.4. The summed E-state index contributed by atoms with van der Waals surface area (Å²) in [7, 11) is -3.21. The molecule has 2 fully saturated rings. The Balaban J connectivity index is 1.63. The van der Waals surface area contributed by atoms with E-state index < -0.39 is 10.0 Å². The van der Waals surface area contributed by atoms with Gasteiger partial charge in [-0.2, -0.15) is 9.40 Å². The van der Waals surface area contributed by atoms with Gasteiger partial charge in [-0.1, -0.05) is 0 Å². The first-order valence-electron chi connectivity index (χ1n) is 7.31. The van der Waals surface area contributed by atoms with Gasteiger partial charge in [-0.3, -0.25) is 9.48 Å². The summed E-state index contributed by atoms with van der Waals surface area (Å²) >= 11 is 0. The van der Waals surface area contributed by atoms with Crippen molar-refractivity contribution in [3.8, 4) is 0 Å². The van der Waals surface area contributed by atoms with E-state index in [0.29, 0.717) is 26.1 Å². The summed E-state index contributed by atoms with van der Waals surface area (Å²) in [6.07, 6.45) is 6.12. The van der Waals surface area contributed by atoms with Gasteiger partial charge in [-0.15, -0.1) is 0 Å². The largest absolute Gasteiger partial charge is 0.337 e. The second kappa shape index (κ2) is 5.76. The molecule has 3 rings (SSSR count). The Bertz CT molecular complexity index is 599. The highest BCUT2D eigenvalue weighted by molar-refractivity contribution is 7.89. The van der Waals surface area contributed by atoms with E-state index in [1.54, 1.807) is 6.20 Å². The van der Waals surface area contributed by atoms with Gasteiger partial charge in [0.2, 0.25) is 15.9 Å². The number of hydrogen-bond acceptors (Lipinski definition) is 4. The van der Waals surface area contributed by atoms with E-state index in [-0.39, 0.29) is 24.2 Å². The van der Waals surface area contributed by atoms with Crippen molar-refractivity contribution in [1.29, 1.82) is 0 Å². The predicted molar refractivity (Wildman–Crippen MR) is 76.9 cm³/mol. The van der Waals surface area contributed by atoms with Gasteiger partial charge in [0.15, 0.2) is 0 Å². The Morgan fingerprint density at radius 1 is 1.29 bits per heavy atom. The molecule has 0 saturated carbocycles. The van der Waals surface area contributed by atoms with Gasteiger partial charge < -0.3 is 4.90 Å². The number of aromatic nitrogens is 2. The average molecular weight is 312 g/mol. The van der Waals surface area contributed by atoms with Crippen LogP contribution in [0.15, 0.2) is 18.5 Å². The van der Waals surface area contributed by atoms with E-state index in [1.807, 2.05) is 21.8 Å². The minimum Gasteiger partial charge on any atom is -0.337 e. The van der Waals surface area contributed by atoms with Crippen molar-refractivity contribution in [2.75, 3.05) is 25.4 Å². The summed E-state index contributed by atoms with van der Waals surface area (Å²) in [4.78, 5) is 14.2. The lowest BCUT2D eigenvalue weighted by molar-refractivity contribution is -0.132. The molecule has 116 valence electrons. The lowest BCUT2D eigenvalue weighted by Crippen LogP contribution is -2.44. The third kappa shape index (κ3) is 3.11. The van der Waals surface area contributed by atoms with Crippen molar-refractivity contribution in [2.24, 2.45) is 0 Å². The van der Waals surface area contributed by atoms with Crippen molar-refractivity contribution in [3.63, 3.8) is 0 Å². The van der Waals surface area contributed by atoms with Crippen LogP contribution in [0.4, 0.5) is 0 Å². The Kier molecular flexibility index (Phi) is 3.99. The standard InChI is InChI=1S/C13H20N4O3S/c18-13(11-16-7-3-9-21(16,19)20)17-8-1-4-12(17)10-15-6-2-5-14-15/h2,5-6,12H,1,3-4,7-11H2/t12-/m1/s1. The van der Waals surface area contributed by atoms with Crippen molar-refractivity contribution in [3.05, 3.63) is 18.5 Å². The van der Waals surface area contributed by atoms with Crippen LogP contribution in [0.1, 0.15) is 19.3 Å². The highest BCUT2D eigenvalue weighted by Gasteiger charge is 2.34. The minimum atomic E-state index is -3.21. The zero-order valence-electron chi connectivity index (χ0n) is 11.9. The monoisotopic (exact) mass is 312 g/mol. The molecular formula is C13H20N4O3S. The number of rotatable bonds is 4. The van der Waals surface area contributed by atoms with E-state index in [0.717, 1.165) is 12.8 Å².